The summed E-state index contributed by atoms with van der Waals surface area (Å²) < 4.78 is 13.3. The first-order chi connectivity index (χ1) is 13.9. The van der Waals surface area contributed by atoms with Gasteiger partial charge in [0.2, 0.25) is 5.91 Å². The van der Waals surface area contributed by atoms with Gasteiger partial charge in [-0.2, -0.15) is 0 Å². The molecule has 1 aliphatic heterocycles. The summed E-state index contributed by atoms with van der Waals surface area (Å²) in [7, 11) is 0. The standard InChI is InChI=1S/C21H24FN5OS/c1-13-14(2)29-21-19(13)20(23-15(3)24-21)27-9-7-26(8-10-27)12-18(28)25-17-6-4-5-16(22)11-17/h4-6,11H,7-10,12H2,1-3H3,(H,25,28). The van der Waals surface area contributed by atoms with Gasteiger partial charge < -0.3 is 10.2 Å². The summed E-state index contributed by atoms with van der Waals surface area (Å²) in [6, 6.07) is 5.95. The maximum atomic E-state index is 13.3. The number of aryl methyl sites for hydroxylation is 3. The van der Waals surface area contributed by atoms with Gasteiger partial charge in [-0.15, -0.1) is 11.3 Å². The van der Waals surface area contributed by atoms with Crippen LogP contribution in [0.5, 0.6) is 0 Å². The Hall–Kier alpha value is -2.58. The Morgan fingerprint density at radius 2 is 1.93 bits per heavy atom. The van der Waals surface area contributed by atoms with Crippen molar-refractivity contribution in [3.8, 4) is 0 Å². The van der Waals surface area contributed by atoms with Gasteiger partial charge in [-0.25, -0.2) is 14.4 Å². The molecule has 0 bridgehead atoms. The highest BCUT2D eigenvalue weighted by molar-refractivity contribution is 7.18. The van der Waals surface area contributed by atoms with Crippen LogP contribution in [0.2, 0.25) is 0 Å². The molecule has 1 aliphatic rings. The van der Waals surface area contributed by atoms with Gasteiger partial charge in [-0.1, -0.05) is 6.07 Å². The van der Waals surface area contributed by atoms with Gasteiger partial charge in [-0.05, 0) is 44.5 Å². The number of benzene rings is 1. The number of hydrogen-bond acceptors (Lipinski definition) is 6. The lowest BCUT2D eigenvalue weighted by atomic mass is 10.2. The van der Waals surface area contributed by atoms with Crippen molar-refractivity contribution < 1.29 is 9.18 Å². The summed E-state index contributed by atoms with van der Waals surface area (Å²) in [4.78, 5) is 28.4. The first kappa shape index (κ1) is 19.7. The van der Waals surface area contributed by atoms with Crippen molar-refractivity contribution in [2.24, 2.45) is 0 Å². The summed E-state index contributed by atoms with van der Waals surface area (Å²) in [6.45, 7) is 9.60. The minimum Gasteiger partial charge on any atom is -0.353 e. The average molecular weight is 414 g/mol. The molecule has 3 aromatic rings. The van der Waals surface area contributed by atoms with Crippen molar-refractivity contribution >= 4 is 39.0 Å². The molecule has 0 aliphatic carbocycles. The molecule has 1 aromatic carbocycles. The van der Waals surface area contributed by atoms with Crippen LogP contribution in [0, 0.1) is 26.6 Å². The molecule has 1 N–H and O–H groups in total. The van der Waals surface area contributed by atoms with Crippen molar-refractivity contribution in [3.05, 3.63) is 46.3 Å². The van der Waals surface area contributed by atoms with Gasteiger partial charge in [0.05, 0.1) is 11.9 Å². The van der Waals surface area contributed by atoms with E-state index in [0.29, 0.717) is 12.2 Å². The molecule has 6 nitrogen and oxygen atoms in total. The van der Waals surface area contributed by atoms with E-state index < -0.39 is 0 Å². The van der Waals surface area contributed by atoms with Crippen LogP contribution in [-0.2, 0) is 4.79 Å². The van der Waals surface area contributed by atoms with E-state index in [2.05, 4.69) is 33.9 Å². The van der Waals surface area contributed by atoms with Crippen molar-refractivity contribution in [2.75, 3.05) is 42.9 Å². The maximum Gasteiger partial charge on any atom is 0.238 e. The number of aromatic nitrogens is 2. The smallest absolute Gasteiger partial charge is 0.238 e. The van der Waals surface area contributed by atoms with E-state index in [4.69, 9.17) is 4.98 Å². The molecule has 152 valence electrons. The molecule has 1 fully saturated rings. The van der Waals surface area contributed by atoms with Crippen LogP contribution in [0.4, 0.5) is 15.9 Å². The molecule has 2 aromatic heterocycles. The summed E-state index contributed by atoms with van der Waals surface area (Å²) in [5.41, 5.74) is 1.73. The Morgan fingerprint density at radius 1 is 1.17 bits per heavy atom. The number of halogens is 1. The molecule has 29 heavy (non-hydrogen) atoms. The van der Waals surface area contributed by atoms with E-state index in [1.165, 1.54) is 22.6 Å². The quantitative estimate of drug-likeness (QED) is 0.709. The minimum absolute atomic E-state index is 0.131. The second-order valence-corrected chi connectivity index (χ2v) is 8.58. The van der Waals surface area contributed by atoms with Crippen LogP contribution in [0.3, 0.4) is 0 Å². The fraction of sp³-hybridized carbons (Fsp3) is 0.381. The van der Waals surface area contributed by atoms with Crippen LogP contribution < -0.4 is 10.2 Å². The fourth-order valence-corrected chi connectivity index (χ4v) is 4.72. The number of fused-ring (bicyclic) bond motifs is 1. The molecule has 3 heterocycles. The molecule has 8 heteroatoms. The van der Waals surface area contributed by atoms with E-state index in [1.54, 1.807) is 23.5 Å². The Labute approximate surface area is 173 Å². The van der Waals surface area contributed by atoms with E-state index in [0.717, 1.165) is 48.0 Å². The lowest BCUT2D eigenvalue weighted by molar-refractivity contribution is -0.117. The SMILES string of the molecule is Cc1nc(N2CCN(CC(=O)Nc3cccc(F)c3)CC2)c2c(C)c(C)sc2n1. The highest BCUT2D eigenvalue weighted by Crippen LogP contribution is 2.35. The number of nitrogens with zero attached hydrogens (tertiary/aromatic N) is 4. The number of piperazine rings is 1. The first-order valence-corrected chi connectivity index (χ1v) is 10.5. The van der Waals surface area contributed by atoms with Crippen LogP contribution in [-0.4, -0.2) is 53.5 Å². The highest BCUT2D eigenvalue weighted by Gasteiger charge is 2.23. The predicted octanol–water partition coefficient (Wildman–Crippen LogP) is 3.52. The molecule has 0 saturated carbocycles. The van der Waals surface area contributed by atoms with E-state index in [-0.39, 0.29) is 11.7 Å². The molecule has 4 rings (SSSR count). The Morgan fingerprint density at radius 3 is 2.66 bits per heavy atom. The van der Waals surface area contributed by atoms with Crippen molar-refractivity contribution in [1.29, 1.82) is 0 Å². The average Bonchev–Trinajstić information content (AvgIpc) is 2.95. The van der Waals surface area contributed by atoms with Crippen LogP contribution in [0.1, 0.15) is 16.3 Å². The third-order valence-electron chi connectivity index (χ3n) is 5.27. The highest BCUT2D eigenvalue weighted by atomic mass is 32.1. The van der Waals surface area contributed by atoms with E-state index in [1.807, 2.05) is 6.92 Å². The summed E-state index contributed by atoms with van der Waals surface area (Å²) in [6.07, 6.45) is 0. The van der Waals surface area contributed by atoms with Crippen LogP contribution in [0.15, 0.2) is 24.3 Å². The molecule has 0 radical (unpaired) electrons. The van der Waals surface area contributed by atoms with E-state index in [9.17, 15) is 9.18 Å². The Balaban J connectivity index is 1.41. The predicted molar refractivity (Wildman–Crippen MR) is 115 cm³/mol. The number of rotatable bonds is 4. The number of carbonyl (C=O) groups is 1. The summed E-state index contributed by atoms with van der Waals surface area (Å²) in [5.74, 6) is 1.29. The van der Waals surface area contributed by atoms with Crippen molar-refractivity contribution in [1.82, 2.24) is 14.9 Å². The second kappa shape index (κ2) is 8.04. The molecule has 0 spiro atoms. The summed E-state index contributed by atoms with van der Waals surface area (Å²) >= 11 is 1.71. The molecule has 0 unspecified atom stereocenters. The number of hydrogen-bond donors (Lipinski definition) is 1. The zero-order chi connectivity index (χ0) is 20.5. The van der Waals surface area contributed by atoms with E-state index >= 15 is 0 Å². The van der Waals surface area contributed by atoms with Crippen LogP contribution in [0.25, 0.3) is 10.2 Å². The van der Waals surface area contributed by atoms with Gasteiger partial charge in [0.25, 0.3) is 0 Å². The van der Waals surface area contributed by atoms with Crippen LogP contribution >= 0.6 is 11.3 Å². The normalized spacial score (nSPS) is 15.1. The first-order valence-electron chi connectivity index (χ1n) is 9.68. The van der Waals surface area contributed by atoms with Gasteiger partial charge in [-0.3, -0.25) is 9.69 Å². The lowest BCUT2D eigenvalue weighted by Gasteiger charge is -2.35. The van der Waals surface area contributed by atoms with Gasteiger partial charge in [0.15, 0.2) is 0 Å². The number of carbonyl (C=O) groups excluding carboxylic acids is 1. The maximum absolute atomic E-state index is 13.3. The van der Waals surface area contributed by atoms with Gasteiger partial charge in [0, 0.05) is 36.7 Å². The summed E-state index contributed by atoms with van der Waals surface area (Å²) in [5, 5.41) is 3.91. The molecule has 1 saturated heterocycles. The number of thiophene rings is 1. The van der Waals surface area contributed by atoms with Gasteiger partial charge >= 0.3 is 0 Å². The van der Waals surface area contributed by atoms with Crippen molar-refractivity contribution in [3.63, 3.8) is 0 Å². The van der Waals surface area contributed by atoms with Crippen molar-refractivity contribution in [2.45, 2.75) is 20.8 Å². The minimum atomic E-state index is -0.359. The third kappa shape index (κ3) is 4.23. The second-order valence-electron chi connectivity index (χ2n) is 7.38. The number of amides is 1. The number of anilines is 2. The monoisotopic (exact) mass is 413 g/mol. The molecular formula is C21H24FN5OS. The molecule has 1 amide bonds. The third-order valence-corrected chi connectivity index (χ3v) is 6.37. The number of nitrogens with one attached hydrogen (secondary N) is 1. The molecular weight excluding hydrogens is 389 g/mol. The largest absolute Gasteiger partial charge is 0.353 e. The zero-order valence-electron chi connectivity index (χ0n) is 16.8. The zero-order valence-corrected chi connectivity index (χ0v) is 17.6. The Bertz CT molecular complexity index is 1060. The fourth-order valence-electron chi connectivity index (χ4n) is 3.65. The molecule has 0 atom stereocenters. The van der Waals surface area contributed by atoms with Gasteiger partial charge in [0.1, 0.15) is 22.3 Å². The topological polar surface area (TPSA) is 61.4 Å². The Kier molecular flexibility index (Phi) is 5.47. The lowest BCUT2D eigenvalue weighted by Crippen LogP contribution is -2.49.